The maximum atomic E-state index is 8.65. The standard InChI is InChI=1S/C19H19N5S/c1-15-8-3-4-10-17(15)24-18(16-9-7-12-21-14-16)22-23-19(24)25-13-6-2-5-11-20/h3-4,7-10,12,14H,2,5-6,13H2,1H3. The highest BCUT2D eigenvalue weighted by Crippen LogP contribution is 2.29. The van der Waals surface area contributed by atoms with Gasteiger partial charge in [-0.2, -0.15) is 5.26 Å². The summed E-state index contributed by atoms with van der Waals surface area (Å²) in [7, 11) is 0. The molecule has 6 heteroatoms. The molecular weight excluding hydrogens is 330 g/mol. The average molecular weight is 349 g/mol. The number of rotatable bonds is 7. The lowest BCUT2D eigenvalue weighted by molar-refractivity contribution is 0.822. The largest absolute Gasteiger partial charge is 0.270 e. The molecule has 0 fully saturated rings. The minimum absolute atomic E-state index is 0.603. The van der Waals surface area contributed by atoms with Crippen LogP contribution in [-0.2, 0) is 0 Å². The maximum Gasteiger partial charge on any atom is 0.196 e. The molecule has 0 aliphatic heterocycles. The fourth-order valence-electron chi connectivity index (χ4n) is 2.55. The summed E-state index contributed by atoms with van der Waals surface area (Å²) in [5, 5.41) is 18.3. The summed E-state index contributed by atoms with van der Waals surface area (Å²) >= 11 is 1.68. The van der Waals surface area contributed by atoms with Gasteiger partial charge >= 0.3 is 0 Å². The highest BCUT2D eigenvalue weighted by atomic mass is 32.2. The molecule has 126 valence electrons. The van der Waals surface area contributed by atoms with Crippen molar-refractivity contribution in [3.63, 3.8) is 0 Å². The quantitative estimate of drug-likeness (QED) is 0.466. The van der Waals surface area contributed by atoms with E-state index in [1.807, 2.05) is 24.3 Å². The Kier molecular flexibility index (Phi) is 5.81. The number of hydrogen-bond acceptors (Lipinski definition) is 5. The van der Waals surface area contributed by atoms with Gasteiger partial charge in [-0.3, -0.25) is 9.55 Å². The number of pyridine rings is 1. The molecule has 0 N–H and O–H groups in total. The van der Waals surface area contributed by atoms with Crippen molar-refractivity contribution in [3.05, 3.63) is 54.4 Å². The lowest BCUT2D eigenvalue weighted by Crippen LogP contribution is -2.02. The number of unbranched alkanes of at least 4 members (excludes halogenated alkanes) is 2. The Morgan fingerprint density at radius 3 is 2.76 bits per heavy atom. The number of nitriles is 1. The van der Waals surface area contributed by atoms with E-state index in [2.05, 4.69) is 44.9 Å². The molecule has 5 nitrogen and oxygen atoms in total. The second-order valence-electron chi connectivity index (χ2n) is 5.63. The van der Waals surface area contributed by atoms with E-state index in [9.17, 15) is 0 Å². The molecule has 0 saturated heterocycles. The second-order valence-corrected chi connectivity index (χ2v) is 6.70. The Morgan fingerprint density at radius 1 is 1.12 bits per heavy atom. The van der Waals surface area contributed by atoms with Crippen LogP contribution in [0.15, 0.2) is 53.9 Å². The Bertz CT molecular complexity index is 867. The molecule has 0 saturated carbocycles. The van der Waals surface area contributed by atoms with Crippen LogP contribution < -0.4 is 0 Å². The Hall–Kier alpha value is -2.65. The van der Waals surface area contributed by atoms with Gasteiger partial charge < -0.3 is 0 Å². The molecule has 0 amide bonds. The maximum absolute atomic E-state index is 8.65. The first-order valence-electron chi connectivity index (χ1n) is 8.23. The molecule has 3 aromatic rings. The summed E-state index contributed by atoms with van der Waals surface area (Å²) in [5.74, 6) is 1.71. The number of aryl methyl sites for hydroxylation is 1. The summed E-state index contributed by atoms with van der Waals surface area (Å²) in [6, 6.07) is 14.3. The van der Waals surface area contributed by atoms with E-state index in [0.717, 1.165) is 40.8 Å². The van der Waals surface area contributed by atoms with Crippen molar-refractivity contribution in [2.75, 3.05) is 5.75 Å². The van der Waals surface area contributed by atoms with Crippen LogP contribution in [0.3, 0.4) is 0 Å². The van der Waals surface area contributed by atoms with Gasteiger partial charge in [-0.25, -0.2) is 0 Å². The van der Waals surface area contributed by atoms with Gasteiger partial charge in [0.05, 0.1) is 11.8 Å². The molecule has 0 bridgehead atoms. The highest BCUT2D eigenvalue weighted by molar-refractivity contribution is 7.99. The first-order valence-corrected chi connectivity index (χ1v) is 9.21. The molecule has 0 aliphatic carbocycles. The van der Waals surface area contributed by atoms with Gasteiger partial charge in [0.1, 0.15) is 0 Å². The lowest BCUT2D eigenvalue weighted by atomic mass is 10.2. The fraction of sp³-hybridized carbons (Fsp3) is 0.263. The lowest BCUT2D eigenvalue weighted by Gasteiger charge is -2.12. The highest BCUT2D eigenvalue weighted by Gasteiger charge is 2.17. The molecule has 3 rings (SSSR count). The van der Waals surface area contributed by atoms with Crippen LogP contribution >= 0.6 is 11.8 Å². The van der Waals surface area contributed by atoms with E-state index in [0.29, 0.717) is 6.42 Å². The predicted molar refractivity (Wildman–Crippen MR) is 99.5 cm³/mol. The Labute approximate surface area is 151 Å². The number of benzene rings is 1. The zero-order valence-electron chi connectivity index (χ0n) is 14.1. The van der Waals surface area contributed by atoms with Crippen LogP contribution in [-0.4, -0.2) is 25.5 Å². The zero-order chi connectivity index (χ0) is 17.5. The van der Waals surface area contributed by atoms with Crippen molar-refractivity contribution >= 4 is 11.8 Å². The van der Waals surface area contributed by atoms with Crippen LogP contribution in [0.25, 0.3) is 17.1 Å². The van der Waals surface area contributed by atoms with Gasteiger partial charge in [0.2, 0.25) is 0 Å². The zero-order valence-corrected chi connectivity index (χ0v) is 14.9. The van der Waals surface area contributed by atoms with Crippen LogP contribution in [0.4, 0.5) is 0 Å². The van der Waals surface area contributed by atoms with Crippen molar-refractivity contribution in [2.45, 2.75) is 31.3 Å². The van der Waals surface area contributed by atoms with Crippen molar-refractivity contribution in [2.24, 2.45) is 0 Å². The fourth-order valence-corrected chi connectivity index (χ4v) is 3.49. The average Bonchev–Trinajstić information content (AvgIpc) is 3.06. The van der Waals surface area contributed by atoms with E-state index in [4.69, 9.17) is 5.26 Å². The SMILES string of the molecule is Cc1ccccc1-n1c(SCCCCC#N)nnc1-c1cccnc1. The Balaban J connectivity index is 1.95. The molecule has 0 radical (unpaired) electrons. The van der Waals surface area contributed by atoms with Gasteiger partial charge in [0.15, 0.2) is 11.0 Å². The number of thioether (sulfide) groups is 1. The third kappa shape index (κ3) is 4.06. The number of hydrogen-bond donors (Lipinski definition) is 0. The molecule has 1 aromatic carbocycles. The van der Waals surface area contributed by atoms with Gasteiger partial charge in [-0.1, -0.05) is 30.0 Å². The van der Waals surface area contributed by atoms with E-state index >= 15 is 0 Å². The summed E-state index contributed by atoms with van der Waals surface area (Å²) < 4.78 is 2.10. The minimum Gasteiger partial charge on any atom is -0.270 e. The molecule has 0 unspecified atom stereocenters. The summed E-state index contributed by atoms with van der Waals surface area (Å²) in [6.45, 7) is 2.09. The third-order valence-corrected chi connectivity index (χ3v) is 4.84. The van der Waals surface area contributed by atoms with Crippen molar-refractivity contribution in [1.29, 1.82) is 5.26 Å². The van der Waals surface area contributed by atoms with Gasteiger partial charge in [0, 0.05) is 30.1 Å². The molecule has 0 aliphatic rings. The summed E-state index contributed by atoms with van der Waals surface area (Å²) in [6.07, 6.45) is 6.06. The third-order valence-electron chi connectivity index (χ3n) is 3.82. The van der Waals surface area contributed by atoms with Crippen LogP contribution in [0.1, 0.15) is 24.8 Å². The van der Waals surface area contributed by atoms with E-state index in [1.165, 1.54) is 5.56 Å². The van der Waals surface area contributed by atoms with Crippen LogP contribution in [0.5, 0.6) is 0 Å². The number of para-hydroxylation sites is 1. The van der Waals surface area contributed by atoms with Gasteiger partial charge in [0.25, 0.3) is 0 Å². The van der Waals surface area contributed by atoms with E-state index < -0.39 is 0 Å². The topological polar surface area (TPSA) is 67.4 Å². The number of aromatic nitrogens is 4. The molecule has 2 aromatic heterocycles. The summed E-state index contributed by atoms with van der Waals surface area (Å²) in [5.41, 5.74) is 3.18. The van der Waals surface area contributed by atoms with Crippen LogP contribution in [0, 0.1) is 18.3 Å². The van der Waals surface area contributed by atoms with Gasteiger partial charge in [-0.15, -0.1) is 10.2 Å². The first-order chi connectivity index (χ1) is 12.3. The molecule has 25 heavy (non-hydrogen) atoms. The summed E-state index contributed by atoms with van der Waals surface area (Å²) in [4.78, 5) is 4.20. The smallest absolute Gasteiger partial charge is 0.196 e. The predicted octanol–water partition coefficient (Wildman–Crippen LogP) is 4.42. The molecule has 2 heterocycles. The molecule has 0 spiro atoms. The van der Waals surface area contributed by atoms with Crippen LogP contribution in [0.2, 0.25) is 0 Å². The minimum atomic E-state index is 0.603. The van der Waals surface area contributed by atoms with Gasteiger partial charge in [-0.05, 0) is 43.5 Å². The Morgan fingerprint density at radius 2 is 2.00 bits per heavy atom. The van der Waals surface area contributed by atoms with E-state index in [-0.39, 0.29) is 0 Å². The monoisotopic (exact) mass is 349 g/mol. The first kappa shape index (κ1) is 17.2. The molecular formula is C19H19N5S. The van der Waals surface area contributed by atoms with Crippen molar-refractivity contribution < 1.29 is 0 Å². The number of nitrogens with zero attached hydrogens (tertiary/aromatic N) is 5. The van der Waals surface area contributed by atoms with E-state index in [1.54, 1.807) is 24.2 Å². The molecule has 0 atom stereocenters. The normalized spacial score (nSPS) is 10.6. The van der Waals surface area contributed by atoms with Crippen molar-refractivity contribution in [1.82, 2.24) is 19.7 Å². The van der Waals surface area contributed by atoms with Crippen molar-refractivity contribution in [3.8, 4) is 23.1 Å². The second kappa shape index (κ2) is 8.45.